The number of rotatable bonds is 0. The average molecular weight is 221 g/mol. The molecule has 15 heavy (non-hydrogen) atoms. The number of pyridine rings is 1. The van der Waals surface area contributed by atoms with Crippen molar-refractivity contribution in [3.63, 3.8) is 0 Å². The van der Waals surface area contributed by atoms with E-state index in [-0.39, 0.29) is 0 Å². The fourth-order valence-corrected chi connectivity index (χ4v) is 2.50. The van der Waals surface area contributed by atoms with Crippen molar-refractivity contribution in [2.24, 2.45) is 0 Å². The van der Waals surface area contributed by atoms with Crippen LogP contribution in [0.2, 0.25) is 5.02 Å². The Labute approximate surface area is 93.9 Å². The first kappa shape index (κ1) is 9.22. The van der Waals surface area contributed by atoms with Crippen molar-refractivity contribution in [3.8, 4) is 0 Å². The molecule has 0 N–H and O–H groups in total. The zero-order chi connectivity index (χ0) is 10.3. The lowest BCUT2D eigenvalue weighted by molar-refractivity contribution is 0.702. The van der Waals surface area contributed by atoms with Gasteiger partial charge in [-0.05, 0) is 37.8 Å². The van der Waals surface area contributed by atoms with E-state index in [1.165, 1.54) is 30.7 Å². The molecule has 0 bridgehead atoms. The van der Waals surface area contributed by atoms with Crippen molar-refractivity contribution < 1.29 is 0 Å². The van der Waals surface area contributed by atoms with Crippen LogP contribution in [0.5, 0.6) is 0 Å². The van der Waals surface area contributed by atoms with Crippen LogP contribution in [-0.2, 0) is 12.8 Å². The molecule has 0 atom stereocenters. The summed E-state index contributed by atoms with van der Waals surface area (Å²) in [6.45, 7) is 0. The summed E-state index contributed by atoms with van der Waals surface area (Å²) in [7, 11) is 0. The molecule has 2 heterocycles. The van der Waals surface area contributed by atoms with Gasteiger partial charge < -0.3 is 4.40 Å². The van der Waals surface area contributed by atoms with E-state index < -0.39 is 0 Å². The number of nitrogens with zero attached hydrogens (tertiary/aromatic N) is 2. The quantitative estimate of drug-likeness (QED) is 0.623. The number of hydrogen-bond donors (Lipinski definition) is 0. The van der Waals surface area contributed by atoms with Gasteiger partial charge in [-0.15, -0.1) is 0 Å². The molecule has 0 unspecified atom stereocenters. The maximum absolute atomic E-state index is 6.01. The molecule has 2 nitrogen and oxygen atoms in total. The minimum atomic E-state index is 0.784. The van der Waals surface area contributed by atoms with Crippen molar-refractivity contribution >= 4 is 17.2 Å². The Balaban J connectivity index is 2.24. The SMILES string of the molecule is Clc1ccc2nc3c(n2c1)CCCCC3. The van der Waals surface area contributed by atoms with Crippen molar-refractivity contribution in [2.45, 2.75) is 32.1 Å². The molecule has 0 saturated carbocycles. The van der Waals surface area contributed by atoms with Gasteiger partial charge in [0, 0.05) is 11.9 Å². The first-order chi connectivity index (χ1) is 7.34. The summed E-state index contributed by atoms with van der Waals surface area (Å²) in [4.78, 5) is 4.66. The third kappa shape index (κ3) is 1.53. The molecule has 0 amide bonds. The van der Waals surface area contributed by atoms with Crippen LogP contribution < -0.4 is 0 Å². The second-order valence-corrected chi connectivity index (χ2v) is 4.58. The number of aromatic nitrogens is 2. The number of fused-ring (bicyclic) bond motifs is 3. The van der Waals surface area contributed by atoms with Crippen molar-refractivity contribution in [1.82, 2.24) is 9.38 Å². The molecule has 0 aromatic carbocycles. The maximum Gasteiger partial charge on any atom is 0.137 e. The van der Waals surface area contributed by atoms with E-state index in [1.54, 1.807) is 0 Å². The second kappa shape index (κ2) is 3.53. The van der Waals surface area contributed by atoms with Gasteiger partial charge >= 0.3 is 0 Å². The summed E-state index contributed by atoms with van der Waals surface area (Å²) in [5, 5.41) is 0.784. The zero-order valence-corrected chi connectivity index (χ0v) is 9.30. The molecular weight excluding hydrogens is 208 g/mol. The summed E-state index contributed by atoms with van der Waals surface area (Å²) >= 11 is 6.01. The molecule has 0 aliphatic heterocycles. The van der Waals surface area contributed by atoms with Crippen molar-refractivity contribution in [1.29, 1.82) is 0 Å². The van der Waals surface area contributed by atoms with Gasteiger partial charge in [0.05, 0.1) is 10.7 Å². The topological polar surface area (TPSA) is 17.3 Å². The van der Waals surface area contributed by atoms with Crippen LogP contribution >= 0.6 is 11.6 Å². The average Bonchev–Trinajstić information content (AvgIpc) is 2.44. The summed E-state index contributed by atoms with van der Waals surface area (Å²) in [6, 6.07) is 3.90. The predicted octanol–water partition coefficient (Wildman–Crippen LogP) is 3.26. The lowest BCUT2D eigenvalue weighted by Crippen LogP contribution is -1.93. The second-order valence-electron chi connectivity index (χ2n) is 4.14. The molecule has 0 saturated heterocycles. The molecule has 78 valence electrons. The Morgan fingerprint density at radius 2 is 2.00 bits per heavy atom. The third-order valence-corrected chi connectivity index (χ3v) is 3.32. The lowest BCUT2D eigenvalue weighted by Gasteiger charge is -2.00. The molecular formula is C12H13ClN2. The molecule has 2 aromatic rings. The van der Waals surface area contributed by atoms with Crippen molar-refractivity contribution in [2.75, 3.05) is 0 Å². The van der Waals surface area contributed by atoms with Crippen LogP contribution in [-0.4, -0.2) is 9.38 Å². The van der Waals surface area contributed by atoms with Gasteiger partial charge in [0.2, 0.25) is 0 Å². The standard InChI is InChI=1S/C12H13ClN2/c13-9-6-7-12-14-10-4-2-1-3-5-11(10)15(12)8-9/h6-8H,1-5H2. The van der Waals surface area contributed by atoms with Crippen LogP contribution in [0.1, 0.15) is 30.7 Å². The number of halogens is 1. The van der Waals surface area contributed by atoms with E-state index >= 15 is 0 Å². The molecule has 1 aliphatic rings. The number of aryl methyl sites for hydroxylation is 2. The zero-order valence-electron chi connectivity index (χ0n) is 8.54. The maximum atomic E-state index is 6.01. The minimum Gasteiger partial charge on any atom is -0.302 e. The highest BCUT2D eigenvalue weighted by Crippen LogP contribution is 2.23. The number of hydrogen-bond acceptors (Lipinski definition) is 1. The van der Waals surface area contributed by atoms with E-state index in [9.17, 15) is 0 Å². The summed E-state index contributed by atoms with van der Waals surface area (Å²) in [6.07, 6.45) is 8.09. The first-order valence-electron chi connectivity index (χ1n) is 5.50. The van der Waals surface area contributed by atoms with E-state index in [0.29, 0.717) is 0 Å². The Kier molecular flexibility index (Phi) is 2.17. The third-order valence-electron chi connectivity index (χ3n) is 3.09. The molecule has 3 heteroatoms. The largest absolute Gasteiger partial charge is 0.302 e. The van der Waals surface area contributed by atoms with Crippen molar-refractivity contribution in [3.05, 3.63) is 34.7 Å². The van der Waals surface area contributed by atoms with E-state index in [2.05, 4.69) is 9.38 Å². The molecule has 2 aromatic heterocycles. The Hall–Kier alpha value is -1.02. The molecule has 0 spiro atoms. The lowest BCUT2D eigenvalue weighted by atomic mass is 10.2. The van der Waals surface area contributed by atoms with E-state index in [0.717, 1.165) is 23.5 Å². The summed E-state index contributed by atoms with van der Waals surface area (Å²) in [5.41, 5.74) is 3.67. The van der Waals surface area contributed by atoms with E-state index in [1.807, 2.05) is 18.3 Å². The molecule has 0 radical (unpaired) electrons. The molecule has 0 fully saturated rings. The highest BCUT2D eigenvalue weighted by Gasteiger charge is 2.14. The van der Waals surface area contributed by atoms with Crippen LogP contribution in [0.3, 0.4) is 0 Å². The fraction of sp³-hybridized carbons (Fsp3) is 0.417. The predicted molar refractivity (Wildman–Crippen MR) is 61.5 cm³/mol. The van der Waals surface area contributed by atoms with Gasteiger partial charge in [-0.2, -0.15) is 0 Å². The minimum absolute atomic E-state index is 0.784. The van der Waals surface area contributed by atoms with Gasteiger partial charge in [0.15, 0.2) is 0 Å². The van der Waals surface area contributed by atoms with Gasteiger partial charge in [-0.3, -0.25) is 0 Å². The summed E-state index contributed by atoms with van der Waals surface area (Å²) < 4.78 is 2.16. The van der Waals surface area contributed by atoms with Gasteiger partial charge in [0.25, 0.3) is 0 Å². The Bertz CT molecular complexity index is 502. The molecule has 3 rings (SSSR count). The molecule has 1 aliphatic carbocycles. The summed E-state index contributed by atoms with van der Waals surface area (Å²) in [5.74, 6) is 0. The van der Waals surface area contributed by atoms with Crippen LogP contribution in [0.15, 0.2) is 18.3 Å². The Morgan fingerprint density at radius 3 is 2.93 bits per heavy atom. The monoisotopic (exact) mass is 220 g/mol. The van der Waals surface area contributed by atoms with E-state index in [4.69, 9.17) is 11.6 Å². The fourth-order valence-electron chi connectivity index (χ4n) is 2.34. The highest BCUT2D eigenvalue weighted by atomic mass is 35.5. The highest BCUT2D eigenvalue weighted by molar-refractivity contribution is 6.30. The van der Waals surface area contributed by atoms with Crippen LogP contribution in [0.25, 0.3) is 5.65 Å². The van der Waals surface area contributed by atoms with Gasteiger partial charge in [-0.1, -0.05) is 18.0 Å². The van der Waals surface area contributed by atoms with Gasteiger partial charge in [-0.25, -0.2) is 4.98 Å². The Morgan fingerprint density at radius 1 is 1.13 bits per heavy atom. The smallest absolute Gasteiger partial charge is 0.137 e. The normalized spacial score (nSPS) is 16.3. The first-order valence-corrected chi connectivity index (χ1v) is 5.88. The van der Waals surface area contributed by atoms with Gasteiger partial charge in [0.1, 0.15) is 5.65 Å². The van der Waals surface area contributed by atoms with Crippen LogP contribution in [0, 0.1) is 0 Å². The van der Waals surface area contributed by atoms with Crippen LogP contribution in [0.4, 0.5) is 0 Å². The number of imidazole rings is 1.